The molecule has 158 valence electrons. The van der Waals surface area contributed by atoms with Crippen molar-refractivity contribution >= 4 is 0 Å². The van der Waals surface area contributed by atoms with Crippen molar-refractivity contribution in [3.05, 3.63) is 89.9 Å². The summed E-state index contributed by atoms with van der Waals surface area (Å²) < 4.78 is 6.22. The van der Waals surface area contributed by atoms with Gasteiger partial charge in [-0.3, -0.25) is 15.0 Å². The second-order valence-corrected chi connectivity index (χ2v) is 7.20. The van der Waals surface area contributed by atoms with Crippen LogP contribution in [0.2, 0.25) is 0 Å². The Hall–Kier alpha value is -4.12. The summed E-state index contributed by atoms with van der Waals surface area (Å²) in [5.41, 5.74) is 10.2. The predicted octanol–water partition coefficient (Wildman–Crippen LogP) is 4.17. The quantitative estimate of drug-likeness (QED) is 0.478. The monoisotopic (exact) mass is 423 g/mol. The summed E-state index contributed by atoms with van der Waals surface area (Å²) in [6, 6.07) is 20.2. The lowest BCUT2D eigenvalue weighted by molar-refractivity contribution is 0.186. The molecule has 0 saturated carbocycles. The highest BCUT2D eigenvalue weighted by Crippen LogP contribution is 2.35. The van der Waals surface area contributed by atoms with Gasteiger partial charge >= 0.3 is 0 Å². The van der Waals surface area contributed by atoms with Gasteiger partial charge in [0, 0.05) is 47.9 Å². The van der Waals surface area contributed by atoms with E-state index < -0.39 is 6.10 Å². The second kappa shape index (κ2) is 9.35. The molecule has 4 aromatic rings. The molecule has 0 aliphatic carbocycles. The zero-order valence-corrected chi connectivity index (χ0v) is 17.4. The minimum atomic E-state index is -0.766. The van der Waals surface area contributed by atoms with Crippen LogP contribution in [0, 0.1) is 18.3 Å². The van der Waals surface area contributed by atoms with E-state index in [2.05, 4.69) is 21.0 Å². The molecule has 0 unspecified atom stereocenters. The van der Waals surface area contributed by atoms with Gasteiger partial charge in [0.1, 0.15) is 11.5 Å². The summed E-state index contributed by atoms with van der Waals surface area (Å²) in [7, 11) is 0. The highest BCUT2D eigenvalue weighted by Gasteiger charge is 2.13. The minimum Gasteiger partial charge on any atom is -0.456 e. The molecule has 32 heavy (non-hydrogen) atoms. The first-order valence-corrected chi connectivity index (χ1v) is 10.0. The van der Waals surface area contributed by atoms with Crippen molar-refractivity contribution < 1.29 is 9.84 Å². The van der Waals surface area contributed by atoms with Crippen LogP contribution < -0.4 is 10.5 Å². The maximum atomic E-state index is 9.92. The van der Waals surface area contributed by atoms with E-state index in [9.17, 15) is 10.4 Å². The average Bonchev–Trinajstić information content (AvgIpc) is 2.84. The van der Waals surface area contributed by atoms with E-state index in [0.29, 0.717) is 39.6 Å². The van der Waals surface area contributed by atoms with Crippen LogP contribution in [0.3, 0.4) is 0 Å². The number of ether oxygens (including phenoxy) is 1. The van der Waals surface area contributed by atoms with Crippen molar-refractivity contribution in [2.45, 2.75) is 13.0 Å². The zero-order valence-electron chi connectivity index (χ0n) is 17.4. The summed E-state index contributed by atoms with van der Waals surface area (Å²) in [6.07, 6.45) is 2.54. The summed E-state index contributed by atoms with van der Waals surface area (Å²) >= 11 is 0. The highest BCUT2D eigenvalue weighted by atomic mass is 16.5. The molecule has 3 aromatic heterocycles. The van der Waals surface area contributed by atoms with Crippen molar-refractivity contribution in [2.24, 2.45) is 5.73 Å². The Kier molecular flexibility index (Phi) is 6.17. The molecular formula is C25H21N5O2. The molecule has 0 aliphatic heterocycles. The van der Waals surface area contributed by atoms with Crippen LogP contribution in [-0.4, -0.2) is 26.6 Å². The van der Waals surface area contributed by atoms with Gasteiger partial charge in [0.15, 0.2) is 0 Å². The van der Waals surface area contributed by atoms with Crippen LogP contribution in [0.4, 0.5) is 0 Å². The lowest BCUT2D eigenvalue weighted by Gasteiger charge is -2.14. The molecule has 0 radical (unpaired) electrons. The fourth-order valence-electron chi connectivity index (χ4n) is 3.25. The van der Waals surface area contributed by atoms with Gasteiger partial charge in [0.2, 0.25) is 0 Å². The minimum absolute atomic E-state index is 0.117. The molecule has 0 saturated heterocycles. The third-order valence-corrected chi connectivity index (χ3v) is 4.86. The first kappa shape index (κ1) is 21.1. The highest BCUT2D eigenvalue weighted by molar-refractivity contribution is 5.69. The number of hydrogen-bond acceptors (Lipinski definition) is 7. The number of nitrogens with two attached hydrogens (primary N) is 1. The van der Waals surface area contributed by atoms with Crippen molar-refractivity contribution in [3.63, 3.8) is 0 Å². The SMILES string of the molecule is Cc1cc(Oc2cc(C#N)ccc2-c2ccc([C@H](O)CN)cn2)cc(-c2ccccn2)n1. The number of benzene rings is 1. The number of hydrogen-bond donors (Lipinski definition) is 2. The smallest absolute Gasteiger partial charge is 0.138 e. The predicted molar refractivity (Wildman–Crippen MR) is 121 cm³/mol. The van der Waals surface area contributed by atoms with E-state index in [-0.39, 0.29) is 6.54 Å². The van der Waals surface area contributed by atoms with Gasteiger partial charge < -0.3 is 15.6 Å². The van der Waals surface area contributed by atoms with Gasteiger partial charge in [-0.1, -0.05) is 12.1 Å². The number of aryl methyl sites for hydroxylation is 1. The van der Waals surface area contributed by atoms with Gasteiger partial charge in [0.25, 0.3) is 0 Å². The molecule has 3 heterocycles. The Morgan fingerprint density at radius 3 is 2.59 bits per heavy atom. The van der Waals surface area contributed by atoms with E-state index >= 15 is 0 Å². The third kappa shape index (κ3) is 4.62. The summed E-state index contributed by atoms with van der Waals surface area (Å²) in [5.74, 6) is 1.06. The molecule has 0 fully saturated rings. The fraction of sp³-hybridized carbons (Fsp3) is 0.120. The van der Waals surface area contributed by atoms with Gasteiger partial charge in [-0.05, 0) is 43.3 Å². The van der Waals surface area contributed by atoms with E-state index in [4.69, 9.17) is 10.5 Å². The normalized spacial score (nSPS) is 11.6. The van der Waals surface area contributed by atoms with Crippen LogP contribution in [0.1, 0.15) is 22.9 Å². The molecule has 3 N–H and O–H groups in total. The van der Waals surface area contributed by atoms with Crippen molar-refractivity contribution in [3.8, 4) is 40.2 Å². The molecule has 7 heteroatoms. The summed E-state index contributed by atoms with van der Waals surface area (Å²) in [6.45, 7) is 2.00. The number of pyridine rings is 3. The lowest BCUT2D eigenvalue weighted by atomic mass is 10.1. The van der Waals surface area contributed by atoms with E-state index in [1.165, 1.54) is 0 Å². The van der Waals surface area contributed by atoms with E-state index in [0.717, 1.165) is 11.4 Å². The van der Waals surface area contributed by atoms with E-state index in [1.807, 2.05) is 37.3 Å². The maximum Gasteiger partial charge on any atom is 0.138 e. The molecule has 0 bridgehead atoms. The average molecular weight is 423 g/mol. The summed E-state index contributed by atoms with van der Waals surface area (Å²) in [4.78, 5) is 13.4. The van der Waals surface area contributed by atoms with Crippen LogP contribution in [0.25, 0.3) is 22.6 Å². The molecule has 4 rings (SSSR count). The first-order chi connectivity index (χ1) is 15.6. The van der Waals surface area contributed by atoms with E-state index in [1.54, 1.807) is 42.7 Å². The van der Waals surface area contributed by atoms with Crippen LogP contribution in [0.15, 0.2) is 73.1 Å². The van der Waals surface area contributed by atoms with Crippen LogP contribution in [-0.2, 0) is 0 Å². The van der Waals surface area contributed by atoms with Gasteiger partial charge in [-0.2, -0.15) is 5.26 Å². The number of nitrogens with zero attached hydrogens (tertiary/aromatic N) is 4. The Morgan fingerprint density at radius 1 is 1.03 bits per heavy atom. The molecule has 0 spiro atoms. The largest absolute Gasteiger partial charge is 0.456 e. The van der Waals surface area contributed by atoms with Gasteiger partial charge in [-0.15, -0.1) is 0 Å². The molecule has 7 nitrogen and oxygen atoms in total. The third-order valence-electron chi connectivity index (χ3n) is 4.86. The molecule has 1 aromatic carbocycles. The number of aromatic nitrogens is 3. The maximum absolute atomic E-state index is 9.92. The summed E-state index contributed by atoms with van der Waals surface area (Å²) in [5, 5.41) is 19.3. The van der Waals surface area contributed by atoms with Crippen molar-refractivity contribution in [1.82, 2.24) is 15.0 Å². The van der Waals surface area contributed by atoms with Gasteiger partial charge in [0.05, 0.1) is 34.8 Å². The van der Waals surface area contributed by atoms with Crippen LogP contribution >= 0.6 is 0 Å². The topological polar surface area (TPSA) is 118 Å². The lowest BCUT2D eigenvalue weighted by Crippen LogP contribution is -2.11. The molecule has 0 aliphatic rings. The van der Waals surface area contributed by atoms with Crippen LogP contribution in [0.5, 0.6) is 11.5 Å². The zero-order chi connectivity index (χ0) is 22.5. The fourth-order valence-corrected chi connectivity index (χ4v) is 3.25. The Morgan fingerprint density at radius 2 is 1.91 bits per heavy atom. The Bertz CT molecular complexity index is 1270. The Labute approximate surface area is 185 Å². The second-order valence-electron chi connectivity index (χ2n) is 7.20. The number of aliphatic hydroxyl groups excluding tert-OH is 1. The molecular weight excluding hydrogens is 402 g/mol. The standard InChI is InChI=1S/C25H21N5O2/c1-16-10-19(12-23(30-16)22-4-2-3-9-28-22)32-25-11-17(13-26)5-7-20(25)21-8-6-18(15-29-21)24(31)14-27/h2-12,15,24,31H,14,27H2,1H3/t24-/m1/s1. The number of nitriles is 1. The Balaban J connectivity index is 1.73. The molecule has 0 amide bonds. The van der Waals surface area contributed by atoms with Gasteiger partial charge in [-0.25, -0.2) is 0 Å². The molecule has 1 atom stereocenters. The number of rotatable bonds is 6. The number of aliphatic hydroxyl groups is 1. The van der Waals surface area contributed by atoms with Crippen molar-refractivity contribution in [1.29, 1.82) is 5.26 Å². The van der Waals surface area contributed by atoms with Crippen molar-refractivity contribution in [2.75, 3.05) is 6.54 Å². The first-order valence-electron chi connectivity index (χ1n) is 10.0.